The smallest absolute Gasteiger partial charge is 0.746 e. The second-order valence-electron chi connectivity index (χ2n) is 11.5. The third-order valence-electron chi connectivity index (χ3n) is 6.23. The summed E-state index contributed by atoms with van der Waals surface area (Å²) in [5.41, 5.74) is -3.58. The molecule has 0 aromatic carbocycles. The molecule has 2 saturated heterocycles. The van der Waals surface area contributed by atoms with Crippen molar-refractivity contribution in [2.45, 2.75) is 77.0 Å². The largest absolute Gasteiger partial charge is 1.00 e. The van der Waals surface area contributed by atoms with Crippen molar-refractivity contribution in [3.05, 3.63) is 0 Å². The van der Waals surface area contributed by atoms with Crippen LogP contribution < -0.4 is 45.5 Å². The minimum Gasteiger partial charge on any atom is -0.746 e. The molecule has 2 fully saturated rings. The van der Waals surface area contributed by atoms with E-state index in [4.69, 9.17) is 9.47 Å². The van der Waals surface area contributed by atoms with E-state index < -0.39 is 68.9 Å². The fourth-order valence-electron chi connectivity index (χ4n) is 4.22. The number of alkyl carbamates (subject to hydrolysis) is 1. The molecule has 15 nitrogen and oxygen atoms in total. The number of rotatable bonds is 12. The van der Waals surface area contributed by atoms with Crippen molar-refractivity contribution in [3.8, 4) is 0 Å². The molecule has 17 heteroatoms. The number of nitrogens with zero attached hydrogens (tertiary/aromatic N) is 1. The van der Waals surface area contributed by atoms with E-state index in [9.17, 15) is 42.0 Å². The summed E-state index contributed by atoms with van der Waals surface area (Å²) in [5, 5.41) is 17.0. The first-order valence-corrected chi connectivity index (χ1v) is 14.5. The first kappa shape index (κ1) is 37.0. The molecule has 2 heterocycles. The zero-order chi connectivity index (χ0) is 30.4. The summed E-state index contributed by atoms with van der Waals surface area (Å²) in [6, 6.07) is -2.90. The maximum atomic E-state index is 13.1. The number of hydrogen-bond acceptors (Lipinski definition) is 11. The molecule has 2 aliphatic rings. The van der Waals surface area contributed by atoms with Crippen LogP contribution in [0.4, 0.5) is 9.59 Å². The average Bonchev–Trinajstić information content (AvgIpc) is 3.18. The van der Waals surface area contributed by atoms with E-state index in [2.05, 4.69) is 16.0 Å². The normalized spacial score (nSPS) is 19.7. The molecule has 0 aliphatic carbocycles. The molecule has 0 radical (unpaired) electrons. The molecule has 0 saturated carbocycles. The van der Waals surface area contributed by atoms with Crippen molar-refractivity contribution < 1.29 is 81.1 Å². The summed E-state index contributed by atoms with van der Waals surface area (Å²) in [7, 11) is -5.44. The standard InChI is InChI=1S/C24H40N4O11S.Na/c1-13(2)8-17(27-22(33)38-12-14-10-28(11-14)23(34)39-24(3,4)5)20(31)26-16(9-15-6-7-25-19(15)30)18(29)21(32)40(35,36)37;/h13-17,21,32H,6-12H2,1-5H3,(H,25,30)(H,26,31)(H,27,33)(H,35,36,37);/q;+1/p-1/t15-,16+,17+,21?;/m1./s1. The summed E-state index contributed by atoms with van der Waals surface area (Å²) >= 11 is 0. The van der Waals surface area contributed by atoms with Crippen LogP contribution in [0.2, 0.25) is 0 Å². The van der Waals surface area contributed by atoms with Crippen LogP contribution in [-0.2, 0) is 34.0 Å². The second kappa shape index (κ2) is 15.5. The molecule has 41 heavy (non-hydrogen) atoms. The Morgan fingerprint density at radius 1 is 1.15 bits per heavy atom. The first-order valence-electron chi connectivity index (χ1n) is 13.0. The van der Waals surface area contributed by atoms with E-state index in [1.807, 2.05) is 0 Å². The van der Waals surface area contributed by atoms with Crippen molar-refractivity contribution in [2.24, 2.45) is 17.8 Å². The fraction of sp³-hybridized carbons (Fsp3) is 0.792. The Labute approximate surface area is 261 Å². The number of Topliss-reactive ketones (excluding diaryl/α,β-unsaturated/α-hetero) is 1. The van der Waals surface area contributed by atoms with Crippen molar-refractivity contribution >= 4 is 39.9 Å². The van der Waals surface area contributed by atoms with Gasteiger partial charge in [-0.3, -0.25) is 14.4 Å². The van der Waals surface area contributed by atoms with Gasteiger partial charge in [-0.2, -0.15) is 0 Å². The van der Waals surface area contributed by atoms with Crippen molar-refractivity contribution in [3.63, 3.8) is 0 Å². The Balaban J connectivity index is 0.00000840. The Hall–Kier alpha value is -1.98. The average molecular weight is 615 g/mol. The second-order valence-corrected chi connectivity index (χ2v) is 12.9. The van der Waals surface area contributed by atoms with Crippen LogP contribution in [0, 0.1) is 17.8 Å². The quantitative estimate of drug-likeness (QED) is 0.124. The van der Waals surface area contributed by atoms with Gasteiger partial charge in [0.2, 0.25) is 17.3 Å². The van der Waals surface area contributed by atoms with Crippen LogP contribution >= 0.6 is 0 Å². The van der Waals surface area contributed by atoms with Crippen LogP contribution in [0.25, 0.3) is 0 Å². The van der Waals surface area contributed by atoms with Crippen LogP contribution in [0.3, 0.4) is 0 Å². The van der Waals surface area contributed by atoms with E-state index in [1.165, 1.54) is 4.90 Å². The van der Waals surface area contributed by atoms with Gasteiger partial charge in [0.15, 0.2) is 5.78 Å². The van der Waals surface area contributed by atoms with Gasteiger partial charge in [-0.05, 0) is 46.0 Å². The molecule has 4 atom stereocenters. The topological polar surface area (TPSA) is 221 Å². The van der Waals surface area contributed by atoms with Gasteiger partial charge in [0, 0.05) is 31.5 Å². The van der Waals surface area contributed by atoms with Gasteiger partial charge in [-0.1, -0.05) is 13.8 Å². The minimum atomic E-state index is -5.44. The van der Waals surface area contributed by atoms with Crippen molar-refractivity contribution in [2.75, 3.05) is 26.2 Å². The van der Waals surface area contributed by atoms with Crippen LogP contribution in [0.15, 0.2) is 0 Å². The van der Waals surface area contributed by atoms with E-state index in [0.29, 0.717) is 26.1 Å². The molecular formula is C24H39N4NaO11S. The van der Waals surface area contributed by atoms with Crippen molar-refractivity contribution in [1.29, 1.82) is 0 Å². The molecule has 0 aromatic rings. The zero-order valence-corrected chi connectivity index (χ0v) is 27.1. The number of carbonyl (C=O) groups is 5. The Kier molecular flexibility index (Phi) is 14.0. The summed E-state index contributed by atoms with van der Waals surface area (Å²) in [6.45, 7) is 9.69. The Morgan fingerprint density at radius 3 is 2.24 bits per heavy atom. The van der Waals surface area contributed by atoms with Crippen molar-refractivity contribution in [1.82, 2.24) is 20.9 Å². The number of carbonyl (C=O) groups excluding carboxylic acids is 5. The number of nitrogens with one attached hydrogen (secondary N) is 3. The third kappa shape index (κ3) is 12.0. The van der Waals surface area contributed by atoms with Gasteiger partial charge >= 0.3 is 41.7 Å². The Morgan fingerprint density at radius 2 is 1.76 bits per heavy atom. The van der Waals surface area contributed by atoms with Crippen LogP contribution in [0.1, 0.15) is 53.9 Å². The summed E-state index contributed by atoms with van der Waals surface area (Å²) in [5.74, 6) is -3.81. The van der Waals surface area contributed by atoms with Gasteiger partial charge < -0.3 is 40.0 Å². The van der Waals surface area contributed by atoms with Gasteiger partial charge in [0.25, 0.3) is 0 Å². The molecule has 0 bridgehead atoms. The van der Waals surface area contributed by atoms with E-state index in [0.717, 1.165) is 0 Å². The zero-order valence-electron chi connectivity index (χ0n) is 24.3. The van der Waals surface area contributed by atoms with Gasteiger partial charge in [-0.15, -0.1) is 0 Å². The number of amides is 4. The minimum absolute atomic E-state index is 0. The maximum Gasteiger partial charge on any atom is 1.00 e. The van der Waals surface area contributed by atoms with E-state index >= 15 is 0 Å². The third-order valence-corrected chi connectivity index (χ3v) is 7.01. The number of likely N-dealkylation sites (tertiary alicyclic amines) is 1. The van der Waals surface area contributed by atoms with E-state index in [-0.39, 0.29) is 60.8 Å². The number of ketones is 1. The SMILES string of the molecule is CC(C)C[C@H](NC(=O)OCC1CN(C(=O)OC(C)(C)C)C1)C(=O)N[C@@H](C[C@H]1CCNC1=O)C(=O)C(O)S(=O)(=O)[O-].[Na+]. The monoisotopic (exact) mass is 614 g/mol. The number of aliphatic hydroxyl groups is 1. The molecular weight excluding hydrogens is 575 g/mol. The summed E-state index contributed by atoms with van der Waals surface area (Å²) in [4.78, 5) is 63.7. The molecule has 2 aliphatic heterocycles. The molecule has 4 amide bonds. The fourth-order valence-corrected chi connectivity index (χ4v) is 4.67. The van der Waals surface area contributed by atoms with Gasteiger partial charge in [0.1, 0.15) is 21.8 Å². The van der Waals surface area contributed by atoms with Crippen LogP contribution in [0.5, 0.6) is 0 Å². The van der Waals surface area contributed by atoms with Crippen LogP contribution in [-0.4, -0.2) is 102 Å². The first-order chi connectivity index (χ1) is 18.4. The number of aliphatic hydroxyl groups excluding tert-OH is 1. The predicted molar refractivity (Wildman–Crippen MR) is 137 cm³/mol. The molecule has 0 spiro atoms. The molecule has 228 valence electrons. The van der Waals surface area contributed by atoms with Gasteiger partial charge in [-0.25, -0.2) is 18.0 Å². The maximum absolute atomic E-state index is 13.1. The molecule has 0 aromatic heterocycles. The molecule has 2 rings (SSSR count). The predicted octanol–water partition coefficient (Wildman–Crippen LogP) is -3.56. The number of hydrogen-bond donors (Lipinski definition) is 4. The van der Waals surface area contributed by atoms with Gasteiger partial charge in [0.05, 0.1) is 12.6 Å². The molecule has 1 unspecified atom stereocenters. The molecule has 4 N–H and O–H groups in total. The Bertz CT molecular complexity index is 1070. The summed E-state index contributed by atoms with van der Waals surface area (Å²) < 4.78 is 44.2. The van der Waals surface area contributed by atoms with E-state index in [1.54, 1.807) is 34.6 Å². The summed E-state index contributed by atoms with van der Waals surface area (Å²) in [6.07, 6.45) is -1.36. The number of ether oxygens (including phenoxy) is 2.